The van der Waals surface area contributed by atoms with Crippen molar-refractivity contribution in [3.8, 4) is 0 Å². The van der Waals surface area contributed by atoms with Crippen LogP contribution in [0.5, 0.6) is 0 Å². The van der Waals surface area contributed by atoms with Crippen LogP contribution in [-0.4, -0.2) is 18.1 Å². The molecule has 0 fully saturated rings. The molecule has 98 valence electrons. The van der Waals surface area contributed by atoms with Gasteiger partial charge >= 0.3 is 5.97 Å². The Morgan fingerprint density at radius 2 is 1.68 bits per heavy atom. The van der Waals surface area contributed by atoms with E-state index in [9.17, 15) is 4.79 Å². The van der Waals surface area contributed by atoms with Gasteiger partial charge in [0.1, 0.15) is 0 Å². The van der Waals surface area contributed by atoms with Crippen molar-refractivity contribution >= 4 is 17.3 Å². The molecule has 2 aromatic rings. The molecule has 0 aliphatic rings. The Hall–Kier alpha value is -2.29. The highest BCUT2D eigenvalue weighted by atomic mass is 16.4. The molecule has 0 saturated carbocycles. The first kappa shape index (κ1) is 13.1. The van der Waals surface area contributed by atoms with E-state index in [-0.39, 0.29) is 0 Å². The van der Waals surface area contributed by atoms with Crippen molar-refractivity contribution in [2.24, 2.45) is 0 Å². The number of carbonyl (C=O) groups is 1. The summed E-state index contributed by atoms with van der Waals surface area (Å²) in [5.41, 5.74) is 4.87. The Bertz CT molecular complexity index is 603. The van der Waals surface area contributed by atoms with E-state index in [0.717, 1.165) is 11.4 Å². The van der Waals surface area contributed by atoms with E-state index in [1.165, 1.54) is 11.1 Å². The number of aryl methyl sites for hydroxylation is 1. The minimum absolute atomic E-state index is 0.304. The third kappa shape index (κ3) is 2.60. The van der Waals surface area contributed by atoms with Crippen molar-refractivity contribution in [2.45, 2.75) is 13.8 Å². The summed E-state index contributed by atoms with van der Waals surface area (Å²) in [5, 5.41) is 8.90. The number of nitrogens with zero attached hydrogens (tertiary/aromatic N) is 1. The third-order valence-electron chi connectivity index (χ3n) is 3.44. The topological polar surface area (TPSA) is 40.5 Å². The van der Waals surface area contributed by atoms with Gasteiger partial charge in [-0.2, -0.15) is 0 Å². The van der Waals surface area contributed by atoms with Crippen LogP contribution in [-0.2, 0) is 0 Å². The van der Waals surface area contributed by atoms with Crippen LogP contribution in [0.4, 0.5) is 11.4 Å². The van der Waals surface area contributed by atoms with E-state index in [1.54, 1.807) is 12.1 Å². The Labute approximate surface area is 113 Å². The van der Waals surface area contributed by atoms with Crippen LogP contribution < -0.4 is 4.90 Å². The molecule has 0 unspecified atom stereocenters. The summed E-state index contributed by atoms with van der Waals surface area (Å²) in [5.74, 6) is -0.902. The van der Waals surface area contributed by atoms with Gasteiger partial charge in [-0.05, 0) is 55.3 Å². The van der Waals surface area contributed by atoms with Gasteiger partial charge in [-0.3, -0.25) is 0 Å². The van der Waals surface area contributed by atoms with Crippen LogP contribution in [0.2, 0.25) is 0 Å². The molecule has 19 heavy (non-hydrogen) atoms. The van der Waals surface area contributed by atoms with Crippen LogP contribution in [0.15, 0.2) is 42.5 Å². The predicted molar refractivity (Wildman–Crippen MR) is 77.4 cm³/mol. The standard InChI is InChI=1S/C16H17NO2/c1-11-5-4-6-15(12(11)2)17(3)14-9-7-13(8-10-14)16(18)19/h4-10H,1-3H3,(H,18,19). The second-order valence-electron chi connectivity index (χ2n) is 4.63. The lowest BCUT2D eigenvalue weighted by Crippen LogP contribution is -2.11. The molecule has 0 aliphatic carbocycles. The zero-order valence-corrected chi connectivity index (χ0v) is 11.3. The average Bonchev–Trinajstić information content (AvgIpc) is 2.41. The largest absolute Gasteiger partial charge is 0.478 e. The maximum absolute atomic E-state index is 10.8. The number of aromatic carboxylic acids is 1. The number of hydrogen-bond acceptors (Lipinski definition) is 2. The smallest absolute Gasteiger partial charge is 0.335 e. The number of rotatable bonds is 3. The molecule has 2 aromatic carbocycles. The van der Waals surface area contributed by atoms with Crippen LogP contribution in [0.1, 0.15) is 21.5 Å². The lowest BCUT2D eigenvalue weighted by atomic mass is 10.1. The van der Waals surface area contributed by atoms with Crippen molar-refractivity contribution < 1.29 is 9.90 Å². The van der Waals surface area contributed by atoms with Crippen molar-refractivity contribution in [3.63, 3.8) is 0 Å². The summed E-state index contributed by atoms with van der Waals surface area (Å²) in [4.78, 5) is 12.9. The van der Waals surface area contributed by atoms with Gasteiger partial charge in [0.15, 0.2) is 0 Å². The molecule has 0 aliphatic heterocycles. The monoisotopic (exact) mass is 255 g/mol. The Kier molecular flexibility index (Phi) is 3.56. The molecule has 0 bridgehead atoms. The van der Waals surface area contributed by atoms with E-state index in [2.05, 4.69) is 30.9 Å². The van der Waals surface area contributed by atoms with Gasteiger partial charge in [0.05, 0.1) is 5.56 Å². The molecule has 0 aromatic heterocycles. The molecule has 0 atom stereocenters. The van der Waals surface area contributed by atoms with Gasteiger partial charge in [0.25, 0.3) is 0 Å². The first-order valence-electron chi connectivity index (χ1n) is 6.14. The normalized spacial score (nSPS) is 10.3. The van der Waals surface area contributed by atoms with Gasteiger partial charge in [-0.15, -0.1) is 0 Å². The van der Waals surface area contributed by atoms with Gasteiger partial charge in [-0.25, -0.2) is 4.79 Å². The van der Waals surface area contributed by atoms with E-state index in [4.69, 9.17) is 5.11 Å². The minimum Gasteiger partial charge on any atom is -0.478 e. The van der Waals surface area contributed by atoms with Crippen molar-refractivity contribution in [2.75, 3.05) is 11.9 Å². The van der Waals surface area contributed by atoms with Crippen LogP contribution in [0.3, 0.4) is 0 Å². The molecule has 0 radical (unpaired) electrons. The summed E-state index contributed by atoms with van der Waals surface area (Å²) in [6, 6.07) is 13.1. The maximum Gasteiger partial charge on any atom is 0.335 e. The van der Waals surface area contributed by atoms with Gasteiger partial charge in [0, 0.05) is 18.4 Å². The number of anilines is 2. The molecular formula is C16H17NO2. The van der Waals surface area contributed by atoms with Crippen molar-refractivity contribution in [1.29, 1.82) is 0 Å². The SMILES string of the molecule is Cc1cccc(N(C)c2ccc(C(=O)O)cc2)c1C. The molecule has 0 saturated heterocycles. The number of carboxylic acids is 1. The summed E-state index contributed by atoms with van der Waals surface area (Å²) in [7, 11) is 1.98. The highest BCUT2D eigenvalue weighted by Gasteiger charge is 2.09. The third-order valence-corrected chi connectivity index (χ3v) is 3.44. The van der Waals surface area contributed by atoms with Gasteiger partial charge < -0.3 is 10.0 Å². The van der Waals surface area contributed by atoms with E-state index >= 15 is 0 Å². The second kappa shape index (κ2) is 5.14. The molecule has 0 heterocycles. The fourth-order valence-corrected chi connectivity index (χ4v) is 2.07. The first-order valence-corrected chi connectivity index (χ1v) is 6.14. The van der Waals surface area contributed by atoms with E-state index in [0.29, 0.717) is 5.56 Å². The Morgan fingerprint density at radius 1 is 1.05 bits per heavy atom. The predicted octanol–water partition coefficient (Wildman–Crippen LogP) is 3.77. The van der Waals surface area contributed by atoms with Gasteiger partial charge in [0.2, 0.25) is 0 Å². The Morgan fingerprint density at radius 3 is 2.26 bits per heavy atom. The summed E-state index contributed by atoms with van der Waals surface area (Å²) < 4.78 is 0. The molecule has 0 amide bonds. The highest BCUT2D eigenvalue weighted by Crippen LogP contribution is 2.28. The number of carboxylic acid groups (broad SMARTS) is 1. The summed E-state index contributed by atoms with van der Waals surface area (Å²) >= 11 is 0. The molecule has 0 spiro atoms. The molecule has 2 rings (SSSR count). The van der Waals surface area contributed by atoms with Crippen LogP contribution in [0, 0.1) is 13.8 Å². The summed E-state index contributed by atoms with van der Waals surface area (Å²) in [6.07, 6.45) is 0. The van der Waals surface area contributed by atoms with E-state index in [1.807, 2.05) is 25.2 Å². The zero-order chi connectivity index (χ0) is 14.0. The fraction of sp³-hybridized carbons (Fsp3) is 0.188. The van der Waals surface area contributed by atoms with Crippen molar-refractivity contribution in [3.05, 3.63) is 59.2 Å². The average molecular weight is 255 g/mol. The summed E-state index contributed by atoms with van der Waals surface area (Å²) in [6.45, 7) is 4.17. The van der Waals surface area contributed by atoms with Gasteiger partial charge in [-0.1, -0.05) is 12.1 Å². The number of benzene rings is 2. The molecule has 3 heteroatoms. The number of hydrogen-bond donors (Lipinski definition) is 1. The van der Waals surface area contributed by atoms with Crippen LogP contribution in [0.25, 0.3) is 0 Å². The van der Waals surface area contributed by atoms with Crippen LogP contribution >= 0.6 is 0 Å². The molecular weight excluding hydrogens is 238 g/mol. The molecule has 3 nitrogen and oxygen atoms in total. The quantitative estimate of drug-likeness (QED) is 0.907. The minimum atomic E-state index is -0.902. The Balaban J connectivity index is 2.36. The highest BCUT2D eigenvalue weighted by molar-refractivity contribution is 5.88. The van der Waals surface area contributed by atoms with Crippen molar-refractivity contribution in [1.82, 2.24) is 0 Å². The zero-order valence-electron chi connectivity index (χ0n) is 11.3. The molecule has 1 N–H and O–H groups in total. The lowest BCUT2D eigenvalue weighted by Gasteiger charge is -2.22. The fourth-order valence-electron chi connectivity index (χ4n) is 2.07. The maximum atomic E-state index is 10.8. The first-order chi connectivity index (χ1) is 9.00. The second-order valence-corrected chi connectivity index (χ2v) is 4.63. The lowest BCUT2D eigenvalue weighted by molar-refractivity contribution is 0.0697. The van der Waals surface area contributed by atoms with E-state index < -0.39 is 5.97 Å².